The van der Waals surface area contributed by atoms with Crippen LogP contribution in [0.5, 0.6) is 0 Å². The van der Waals surface area contributed by atoms with E-state index in [-0.39, 0.29) is 12.4 Å². The van der Waals surface area contributed by atoms with Crippen molar-refractivity contribution in [3.05, 3.63) is 20.8 Å². The molecule has 1 aliphatic rings. The van der Waals surface area contributed by atoms with Crippen LogP contribution in [0, 0.1) is 5.92 Å². The quantitative estimate of drug-likeness (QED) is 0.867. The van der Waals surface area contributed by atoms with Gasteiger partial charge >= 0.3 is 0 Å². The smallest absolute Gasteiger partial charge is 0.0325 e. The van der Waals surface area contributed by atoms with Crippen molar-refractivity contribution in [2.45, 2.75) is 25.8 Å². The SMILES string of the molecule is CN(CCC1CCNCC1)Cc1cc(Br)cs1.Cl. The first-order chi connectivity index (χ1) is 8.24. The minimum atomic E-state index is 0. The molecule has 1 saturated heterocycles. The minimum absolute atomic E-state index is 0. The lowest BCUT2D eigenvalue weighted by Gasteiger charge is -2.25. The minimum Gasteiger partial charge on any atom is -0.317 e. The fraction of sp³-hybridized carbons (Fsp3) is 0.692. The molecule has 0 spiro atoms. The number of thiophene rings is 1. The third-order valence-electron chi connectivity index (χ3n) is 3.43. The second kappa shape index (κ2) is 8.54. The molecule has 104 valence electrons. The summed E-state index contributed by atoms with van der Waals surface area (Å²) in [6.07, 6.45) is 4.07. The zero-order valence-corrected chi connectivity index (χ0v) is 14.0. The van der Waals surface area contributed by atoms with Gasteiger partial charge in [-0.15, -0.1) is 23.7 Å². The lowest BCUT2D eigenvalue weighted by Crippen LogP contribution is -2.30. The second-order valence-corrected chi connectivity index (χ2v) is 6.86. The van der Waals surface area contributed by atoms with Gasteiger partial charge in [0, 0.05) is 21.3 Å². The standard InChI is InChI=1S/C13H21BrN2S.ClH/c1-16(9-13-8-12(14)10-17-13)7-4-11-2-5-15-6-3-11;/h8,10-11,15H,2-7,9H2,1H3;1H. The lowest BCUT2D eigenvalue weighted by molar-refractivity contribution is 0.267. The molecule has 0 unspecified atom stereocenters. The van der Waals surface area contributed by atoms with E-state index in [2.05, 4.69) is 44.6 Å². The van der Waals surface area contributed by atoms with E-state index in [0.717, 1.165) is 12.5 Å². The van der Waals surface area contributed by atoms with Crippen molar-refractivity contribution >= 4 is 39.7 Å². The molecule has 0 aromatic carbocycles. The van der Waals surface area contributed by atoms with E-state index in [4.69, 9.17) is 0 Å². The maximum atomic E-state index is 3.51. The molecule has 1 N–H and O–H groups in total. The first-order valence-corrected chi connectivity index (χ1v) is 8.03. The molecule has 1 fully saturated rings. The summed E-state index contributed by atoms with van der Waals surface area (Å²) in [6, 6.07) is 2.23. The Morgan fingerprint density at radius 2 is 2.17 bits per heavy atom. The lowest BCUT2D eigenvalue weighted by atomic mass is 9.94. The highest BCUT2D eigenvalue weighted by Crippen LogP contribution is 2.21. The van der Waals surface area contributed by atoms with Crippen molar-refractivity contribution in [1.29, 1.82) is 0 Å². The molecular weight excluding hydrogens is 332 g/mol. The average Bonchev–Trinajstić information content (AvgIpc) is 2.73. The van der Waals surface area contributed by atoms with E-state index in [1.165, 1.54) is 48.2 Å². The molecule has 5 heteroatoms. The zero-order valence-electron chi connectivity index (χ0n) is 10.8. The molecule has 1 aromatic rings. The molecule has 0 aliphatic carbocycles. The van der Waals surface area contributed by atoms with Gasteiger partial charge < -0.3 is 10.2 Å². The van der Waals surface area contributed by atoms with E-state index in [0.29, 0.717) is 0 Å². The van der Waals surface area contributed by atoms with E-state index in [9.17, 15) is 0 Å². The van der Waals surface area contributed by atoms with Crippen LogP contribution in [0.25, 0.3) is 0 Å². The predicted molar refractivity (Wildman–Crippen MR) is 85.8 cm³/mol. The van der Waals surface area contributed by atoms with Gasteiger partial charge in [-0.05, 0) is 73.9 Å². The van der Waals surface area contributed by atoms with Gasteiger partial charge in [0.1, 0.15) is 0 Å². The number of rotatable bonds is 5. The number of hydrogen-bond donors (Lipinski definition) is 1. The molecule has 0 bridgehead atoms. The number of halogens is 2. The topological polar surface area (TPSA) is 15.3 Å². The van der Waals surface area contributed by atoms with Crippen LogP contribution in [-0.2, 0) is 6.54 Å². The van der Waals surface area contributed by atoms with Crippen LogP contribution in [0.3, 0.4) is 0 Å². The highest BCUT2D eigenvalue weighted by molar-refractivity contribution is 9.10. The van der Waals surface area contributed by atoms with Crippen LogP contribution in [0.4, 0.5) is 0 Å². The second-order valence-electron chi connectivity index (χ2n) is 4.95. The number of piperidine rings is 1. The summed E-state index contributed by atoms with van der Waals surface area (Å²) in [4.78, 5) is 3.89. The van der Waals surface area contributed by atoms with Crippen molar-refractivity contribution in [2.75, 3.05) is 26.7 Å². The van der Waals surface area contributed by atoms with Gasteiger partial charge in [0.2, 0.25) is 0 Å². The summed E-state index contributed by atoms with van der Waals surface area (Å²) < 4.78 is 1.21. The Morgan fingerprint density at radius 1 is 1.44 bits per heavy atom. The van der Waals surface area contributed by atoms with Crippen molar-refractivity contribution in [3.63, 3.8) is 0 Å². The summed E-state index contributed by atoms with van der Waals surface area (Å²) in [5.41, 5.74) is 0. The van der Waals surface area contributed by atoms with Crippen molar-refractivity contribution < 1.29 is 0 Å². The van der Waals surface area contributed by atoms with E-state index in [1.807, 2.05) is 11.3 Å². The molecule has 2 nitrogen and oxygen atoms in total. The maximum absolute atomic E-state index is 3.51. The van der Waals surface area contributed by atoms with E-state index < -0.39 is 0 Å². The predicted octanol–water partition coefficient (Wildman–Crippen LogP) is 3.75. The van der Waals surface area contributed by atoms with Crippen LogP contribution in [0.15, 0.2) is 15.9 Å². The number of nitrogens with one attached hydrogen (secondary N) is 1. The highest BCUT2D eigenvalue weighted by atomic mass is 79.9. The van der Waals surface area contributed by atoms with Crippen LogP contribution in [0.2, 0.25) is 0 Å². The monoisotopic (exact) mass is 352 g/mol. The highest BCUT2D eigenvalue weighted by Gasteiger charge is 2.13. The molecule has 0 radical (unpaired) electrons. The third-order valence-corrected chi connectivity index (χ3v) is 5.11. The zero-order chi connectivity index (χ0) is 12.1. The molecule has 2 rings (SSSR count). The van der Waals surface area contributed by atoms with Gasteiger partial charge in [0.05, 0.1) is 0 Å². The molecule has 1 aliphatic heterocycles. The Balaban J connectivity index is 0.00000162. The van der Waals surface area contributed by atoms with Crippen molar-refractivity contribution in [3.8, 4) is 0 Å². The third kappa shape index (κ3) is 5.57. The molecule has 0 saturated carbocycles. The van der Waals surface area contributed by atoms with Crippen molar-refractivity contribution in [2.24, 2.45) is 5.92 Å². The summed E-state index contributed by atoms with van der Waals surface area (Å²) in [5, 5.41) is 5.59. The van der Waals surface area contributed by atoms with Gasteiger partial charge in [0.15, 0.2) is 0 Å². The number of hydrogen-bond acceptors (Lipinski definition) is 3. The largest absolute Gasteiger partial charge is 0.317 e. The molecule has 2 heterocycles. The van der Waals surface area contributed by atoms with E-state index in [1.54, 1.807) is 0 Å². The summed E-state index contributed by atoms with van der Waals surface area (Å²) in [7, 11) is 2.23. The van der Waals surface area contributed by atoms with Crippen LogP contribution >= 0.6 is 39.7 Å². The van der Waals surface area contributed by atoms with E-state index >= 15 is 0 Å². The molecule has 18 heavy (non-hydrogen) atoms. The molecular formula is C13H22BrClN2S. The van der Waals surface area contributed by atoms with Gasteiger partial charge in [0.25, 0.3) is 0 Å². The Morgan fingerprint density at radius 3 is 2.78 bits per heavy atom. The first kappa shape index (κ1) is 16.4. The summed E-state index contributed by atoms with van der Waals surface area (Å²) in [5.74, 6) is 0.939. The van der Waals surface area contributed by atoms with Gasteiger partial charge in [-0.1, -0.05) is 0 Å². The maximum Gasteiger partial charge on any atom is 0.0325 e. The van der Waals surface area contributed by atoms with Crippen LogP contribution in [-0.4, -0.2) is 31.6 Å². The molecule has 1 aromatic heterocycles. The normalized spacial score (nSPS) is 16.8. The van der Waals surface area contributed by atoms with Gasteiger partial charge in [-0.25, -0.2) is 0 Å². The van der Waals surface area contributed by atoms with Crippen molar-refractivity contribution in [1.82, 2.24) is 10.2 Å². The Bertz CT molecular complexity index is 339. The Kier molecular flexibility index (Phi) is 7.80. The Hall–Kier alpha value is 0.390. The van der Waals surface area contributed by atoms with Crippen LogP contribution < -0.4 is 5.32 Å². The van der Waals surface area contributed by atoms with Gasteiger partial charge in [-0.2, -0.15) is 0 Å². The molecule has 0 amide bonds. The first-order valence-electron chi connectivity index (χ1n) is 6.36. The fourth-order valence-electron chi connectivity index (χ4n) is 2.36. The van der Waals surface area contributed by atoms with Gasteiger partial charge in [-0.3, -0.25) is 0 Å². The average molecular weight is 354 g/mol. The Labute approximate surface area is 129 Å². The summed E-state index contributed by atoms with van der Waals surface area (Å²) >= 11 is 5.35. The molecule has 0 atom stereocenters. The fourth-order valence-corrected chi connectivity index (χ4v) is 3.89. The van der Waals surface area contributed by atoms with Crippen LogP contribution in [0.1, 0.15) is 24.1 Å². The summed E-state index contributed by atoms with van der Waals surface area (Å²) in [6.45, 7) is 4.74. The number of nitrogens with zero attached hydrogens (tertiary/aromatic N) is 1.